The van der Waals surface area contributed by atoms with Gasteiger partial charge in [-0.15, -0.1) is 0 Å². The van der Waals surface area contributed by atoms with Crippen LogP contribution in [0.5, 0.6) is 0 Å². The number of esters is 3. The average Bonchev–Trinajstić information content (AvgIpc) is 0.779. The third-order valence-electron chi connectivity index (χ3n) is 30.0. The highest BCUT2D eigenvalue weighted by molar-refractivity contribution is 6.39. The van der Waals surface area contributed by atoms with Crippen molar-refractivity contribution in [2.24, 2.45) is 71.0 Å². The van der Waals surface area contributed by atoms with Gasteiger partial charge in [0.1, 0.15) is 66.4 Å². The number of Topliss-reactive ketones (excluding diaryl/α,β-unsaturated/α-hetero) is 4. The summed E-state index contributed by atoms with van der Waals surface area (Å²) >= 11 is 0. The Morgan fingerprint density at radius 1 is 0.459 bits per heavy atom. The number of ether oxygens (including phenoxy) is 13. The van der Waals surface area contributed by atoms with Crippen molar-refractivity contribution >= 4 is 59.0 Å². The van der Waals surface area contributed by atoms with Crippen molar-refractivity contribution in [2.75, 3.05) is 55.7 Å². The van der Waals surface area contributed by atoms with Gasteiger partial charge in [-0.1, -0.05) is 142 Å². The minimum absolute atomic E-state index is 0.0416. The van der Waals surface area contributed by atoms with Gasteiger partial charge in [-0.2, -0.15) is 0 Å². The van der Waals surface area contributed by atoms with Gasteiger partial charge in [-0.05, 0) is 226 Å². The summed E-state index contributed by atoms with van der Waals surface area (Å²) in [5, 5.41) is 56.7. The second-order valence-corrected chi connectivity index (χ2v) is 40.6. The first-order valence-electron chi connectivity index (χ1n) is 49.6. The number of rotatable bonds is 13. The van der Waals surface area contributed by atoms with Gasteiger partial charge < -0.3 is 96.9 Å². The summed E-state index contributed by atoms with van der Waals surface area (Å²) in [4.78, 5) is 142. The van der Waals surface area contributed by atoms with Crippen LogP contribution in [0, 0.1) is 71.0 Å². The highest BCUT2D eigenvalue weighted by atomic mass is 16.8. The summed E-state index contributed by atoms with van der Waals surface area (Å²) in [5.41, 5.74) is 2.82. The third-order valence-corrected chi connectivity index (χ3v) is 30.0. The quantitative estimate of drug-likeness (QED) is 0.0495. The topological polar surface area (TPSA) is 398 Å². The number of aliphatic hydroxyl groups is 5. The van der Waals surface area contributed by atoms with Crippen LogP contribution in [-0.4, -0.2) is 271 Å². The van der Waals surface area contributed by atoms with Gasteiger partial charge in [0.05, 0.1) is 48.8 Å². The Morgan fingerprint density at radius 2 is 0.881 bits per heavy atom. The number of ketones is 4. The molecule has 4 unspecified atom stereocenters. The fourth-order valence-corrected chi connectivity index (χ4v) is 21.5. The number of nitrogens with zero attached hydrogens (tertiary/aromatic N) is 2. The van der Waals surface area contributed by atoms with Gasteiger partial charge >= 0.3 is 24.1 Å². The lowest BCUT2D eigenvalue weighted by molar-refractivity contribution is -0.265. The Kier molecular flexibility index (Phi) is 44.7. The number of cyclic esters (lactones) is 2. The van der Waals surface area contributed by atoms with Crippen molar-refractivity contribution in [3.05, 3.63) is 95.2 Å². The van der Waals surface area contributed by atoms with Gasteiger partial charge in [0.15, 0.2) is 6.10 Å². The van der Waals surface area contributed by atoms with Crippen molar-refractivity contribution in [1.29, 1.82) is 0 Å². The molecule has 30 nitrogen and oxygen atoms in total. The van der Waals surface area contributed by atoms with E-state index in [4.69, 9.17) is 61.6 Å². The molecule has 32 atom stereocenters. The summed E-state index contributed by atoms with van der Waals surface area (Å²) in [6, 6.07) is -2.28. The molecule has 760 valence electrons. The van der Waals surface area contributed by atoms with E-state index in [9.17, 15) is 73.5 Å². The highest BCUT2D eigenvalue weighted by Crippen LogP contribution is 2.43. The maximum absolute atomic E-state index is 14.4. The van der Waals surface area contributed by atoms with Crippen LogP contribution in [0.15, 0.2) is 95.2 Å². The van der Waals surface area contributed by atoms with E-state index in [0.717, 1.165) is 24.0 Å². The Balaban J connectivity index is 0.000000332. The predicted octanol–water partition coefficient (Wildman–Crippen LogP) is 13.7. The molecule has 9 rings (SSSR count). The molecule has 7 heterocycles. The van der Waals surface area contributed by atoms with E-state index in [0.29, 0.717) is 127 Å². The molecular formula is C105H162N2O28. The van der Waals surface area contributed by atoms with Gasteiger partial charge in [-0.25, -0.2) is 14.4 Å². The molecule has 135 heavy (non-hydrogen) atoms. The Bertz CT molecular complexity index is 4190. The zero-order valence-electron chi connectivity index (χ0n) is 84.2. The second-order valence-electron chi connectivity index (χ2n) is 40.6. The lowest BCUT2D eigenvalue weighted by atomic mass is 9.78. The zero-order chi connectivity index (χ0) is 99.6. The molecule has 0 aromatic heterocycles. The molecule has 0 spiro atoms. The third kappa shape index (κ3) is 30.9. The number of amides is 2. The summed E-state index contributed by atoms with van der Waals surface area (Å²) in [6.45, 7) is 27.6. The van der Waals surface area contributed by atoms with E-state index in [1.807, 2.05) is 103 Å². The fraction of sp³-hybridized carbons (Fsp3) is 0.752. The monoisotopic (exact) mass is 1900 g/mol. The molecule has 2 amide bonds. The van der Waals surface area contributed by atoms with E-state index in [2.05, 4.69) is 13.0 Å². The van der Waals surface area contributed by atoms with Crippen LogP contribution in [0.4, 0.5) is 4.79 Å². The van der Waals surface area contributed by atoms with Gasteiger partial charge in [0, 0.05) is 112 Å². The SMILES string of the molecule is CO[C@H]1[C@@H](OC(C)=O)[C@H](C)C[C@H](C)/C=C/C=CC=C(C)[C@@H](OC)CC2CC[C@@H](C)[C@@](O)(O2)C(=O)C(=O)N2CCCCC2C(=O)O[C@H]([C@H](C)C[C@@H]2CC[C@@H](O)[C@H](OC)C2)CC(=O)[C@H](C)/C=C(\C)[C@H]1O.CO[C@H]1[C@H]2OC(=O)O[C@@H]1/C(C)=C/[C@@H](C)C(=O)C[C@@H]([C@H](C)C[C@@H]1CC[C@@H](O)[C@H](OC)C1)OC(=O)C1CCCCN1C(=O)C(=O)[C@]1(O)OC(CC[C@H]1C)C[C@H](OC)C(C)=C/C=C/C=C/[C@@H](C)C[C@H]2C. The molecule has 0 aromatic rings. The number of methoxy groups -OCH3 is 6. The number of allylic oxidation sites excluding steroid dienone is 12. The van der Waals surface area contributed by atoms with Crippen LogP contribution >= 0.6 is 0 Å². The van der Waals surface area contributed by atoms with Gasteiger partial charge in [0.2, 0.25) is 11.6 Å². The highest BCUT2D eigenvalue weighted by Gasteiger charge is 2.56. The number of carbonyl (C=O) groups is 10. The van der Waals surface area contributed by atoms with E-state index in [1.165, 1.54) is 23.8 Å². The molecule has 7 fully saturated rings. The lowest BCUT2D eigenvalue weighted by Crippen LogP contribution is -2.61. The number of fused-ring (bicyclic) bond motifs is 8. The average molecular weight is 1900 g/mol. The second kappa shape index (κ2) is 53.4. The fourth-order valence-electron chi connectivity index (χ4n) is 21.5. The molecule has 9 aliphatic rings. The Morgan fingerprint density at radius 3 is 1.29 bits per heavy atom. The first-order valence-corrected chi connectivity index (χ1v) is 49.6. The molecular weight excluding hydrogens is 1740 g/mol. The van der Waals surface area contributed by atoms with E-state index in [-0.39, 0.29) is 110 Å². The molecule has 0 aromatic carbocycles. The molecule has 7 aliphatic heterocycles. The smallest absolute Gasteiger partial charge is 0.460 e. The Labute approximate surface area is 801 Å². The lowest BCUT2D eigenvalue weighted by Gasteiger charge is -2.42. The van der Waals surface area contributed by atoms with Crippen LogP contribution in [-0.2, 0) is 105 Å². The summed E-state index contributed by atoms with van der Waals surface area (Å²) in [7, 11) is 9.30. The van der Waals surface area contributed by atoms with Crippen molar-refractivity contribution in [3.8, 4) is 0 Å². The number of hydrogen-bond donors (Lipinski definition) is 5. The number of carbonyl (C=O) groups excluding carboxylic acids is 10. The first kappa shape index (κ1) is 113. The molecule has 30 heteroatoms. The van der Waals surface area contributed by atoms with Crippen molar-refractivity contribution in [2.45, 2.75) is 379 Å². The first-order chi connectivity index (χ1) is 63.9. The summed E-state index contributed by atoms with van der Waals surface area (Å²) < 4.78 is 76.9. The number of hydrogen-bond acceptors (Lipinski definition) is 28. The number of piperidine rings is 2. The largest absolute Gasteiger partial charge is 0.509 e. The minimum atomic E-state index is -2.43. The van der Waals surface area contributed by atoms with E-state index < -0.39 is 180 Å². The molecule has 5 N–H and O–H groups in total. The maximum Gasteiger partial charge on any atom is 0.509 e. The van der Waals surface area contributed by atoms with Crippen LogP contribution in [0.2, 0.25) is 0 Å². The van der Waals surface area contributed by atoms with Crippen LogP contribution in [0.3, 0.4) is 0 Å². The van der Waals surface area contributed by atoms with Crippen molar-refractivity contribution < 1.29 is 135 Å². The molecule has 5 saturated heterocycles. The normalized spacial score (nSPS) is 39.7. The molecule has 2 aliphatic carbocycles. The van der Waals surface area contributed by atoms with Crippen LogP contribution in [0.1, 0.15) is 258 Å². The zero-order valence-corrected chi connectivity index (χ0v) is 84.2. The molecule has 0 radical (unpaired) electrons. The standard InChI is InChI=1S/C53H83NO14.C52H79NO14/c1-31-17-13-12-14-18-32(2)44(63-9)29-40-22-20-37(7)53(62,68-40)50(59)51(60)54-24-16-15-19-41(54)52(61)67-45(34(4)27-39-21-23-42(56)46(28-39)64-10)30-43(57)33(3)26-35(5)47(58)49(65-11)48(36(6)25-31)66-38(8)55;1-30-16-12-11-13-17-31(2)42(61-8)28-38-21-19-36(7)52(60,67-38)48(56)49(57)53-23-15-14-18-39(53)50(58)64-43(33(4)26-37-20-22-40(54)44(27-37)62-9)29-41(55)32(3)25-35(6)46-47(63-10)45(34(5)24-30)65-51(59)66-46/h12-14,17-18,26,31,33-34,36-37,39-42,44-49,56,58,62H,15-16,19-25,27-30H2,1-11H3;11-13,16-17,25,30,32-34,36-40,42-47,54,60H,14-15,18-24,26-29H2,1-10H3/b14-12?,17-13+,32-18?,35-26+;13-11+,16-12+,31-17?,35-25+/t31-,33-,34-,36-,37-,39+,40?,41?,42-,44+,45+,46-,47-,48+,49-,53-;30-,32-,33-,34-,36-,37+,38?,39?,40-,42+,43+,44-,45+,46-,47+,52-/m11/s1. The van der Waals surface area contributed by atoms with E-state index >= 15 is 0 Å². The number of aliphatic hydroxyl groups excluding tert-OH is 3. The van der Waals surface area contributed by atoms with Crippen LogP contribution < -0.4 is 0 Å². The minimum Gasteiger partial charge on any atom is -0.460 e. The van der Waals surface area contributed by atoms with Crippen molar-refractivity contribution in [3.63, 3.8) is 0 Å². The van der Waals surface area contributed by atoms with Gasteiger partial charge in [0.25, 0.3) is 23.4 Å². The van der Waals surface area contributed by atoms with E-state index in [1.54, 1.807) is 89.2 Å². The summed E-state index contributed by atoms with van der Waals surface area (Å²) in [6.07, 6.45) is 22.2. The maximum atomic E-state index is 14.4. The molecule has 6 bridgehead atoms. The summed E-state index contributed by atoms with van der Waals surface area (Å²) in [5.74, 6) is -15.2. The van der Waals surface area contributed by atoms with Gasteiger partial charge in [-0.3, -0.25) is 33.6 Å². The van der Waals surface area contributed by atoms with Crippen molar-refractivity contribution in [1.82, 2.24) is 9.80 Å². The Hall–Kier alpha value is -7.30. The molecule has 2 saturated carbocycles. The predicted molar refractivity (Wildman–Crippen MR) is 505 cm³/mol. The van der Waals surface area contributed by atoms with Crippen LogP contribution in [0.25, 0.3) is 0 Å².